The summed E-state index contributed by atoms with van der Waals surface area (Å²) in [6.45, 7) is 0. The Bertz CT molecular complexity index is 225. The van der Waals surface area contributed by atoms with Crippen molar-refractivity contribution in [2.45, 2.75) is 37.7 Å². The predicted molar refractivity (Wildman–Crippen MR) is 45.8 cm³/mol. The molecule has 2 N–H and O–H groups in total. The highest BCUT2D eigenvalue weighted by atomic mass is 16.3. The Morgan fingerprint density at radius 3 is 2.67 bits per heavy atom. The van der Waals surface area contributed by atoms with Gasteiger partial charge < -0.3 is 10.1 Å². The Kier molecular flexibility index (Phi) is 2.13. The number of hydrogen-bond acceptors (Lipinski definition) is 2. The topological polar surface area (TPSA) is 48.9 Å². The molecule has 1 heterocycles. The molecular formula is C9H14N2O. The molecule has 66 valence electrons. The maximum atomic E-state index is 9.29. The second-order valence-corrected chi connectivity index (χ2v) is 3.48. The molecule has 0 spiro atoms. The zero-order valence-electron chi connectivity index (χ0n) is 7.03. The van der Waals surface area contributed by atoms with Crippen molar-refractivity contribution in [2.24, 2.45) is 0 Å². The number of aromatic amines is 1. The molecule has 0 aromatic carbocycles. The van der Waals surface area contributed by atoms with E-state index in [9.17, 15) is 5.11 Å². The fourth-order valence-corrected chi connectivity index (χ4v) is 1.85. The van der Waals surface area contributed by atoms with E-state index >= 15 is 0 Å². The van der Waals surface area contributed by atoms with Crippen molar-refractivity contribution < 1.29 is 5.11 Å². The smallest absolute Gasteiger partial charge is 0.109 e. The average Bonchev–Trinajstić information content (AvgIpc) is 2.58. The van der Waals surface area contributed by atoms with Gasteiger partial charge in [0.15, 0.2) is 0 Å². The summed E-state index contributed by atoms with van der Waals surface area (Å²) >= 11 is 0. The lowest BCUT2D eigenvalue weighted by Gasteiger charge is -2.23. The summed E-state index contributed by atoms with van der Waals surface area (Å²) in [7, 11) is 0. The number of hydrogen-bond donors (Lipinski definition) is 2. The predicted octanol–water partition coefficient (Wildman–Crippen LogP) is 1.43. The van der Waals surface area contributed by atoms with Crippen molar-refractivity contribution in [1.82, 2.24) is 9.97 Å². The molecule has 2 rings (SSSR count). The van der Waals surface area contributed by atoms with Gasteiger partial charge in [0, 0.05) is 18.3 Å². The molecule has 0 unspecified atom stereocenters. The van der Waals surface area contributed by atoms with Gasteiger partial charge in [-0.3, -0.25) is 0 Å². The van der Waals surface area contributed by atoms with E-state index in [1.54, 1.807) is 6.20 Å². The molecule has 3 nitrogen and oxygen atoms in total. The normalized spacial score (nSPS) is 30.4. The van der Waals surface area contributed by atoms with Gasteiger partial charge in [0.1, 0.15) is 5.82 Å². The molecule has 3 heteroatoms. The van der Waals surface area contributed by atoms with Gasteiger partial charge in [-0.05, 0) is 25.7 Å². The summed E-state index contributed by atoms with van der Waals surface area (Å²) in [6.07, 6.45) is 7.55. The van der Waals surface area contributed by atoms with Gasteiger partial charge in [-0.1, -0.05) is 0 Å². The summed E-state index contributed by atoms with van der Waals surface area (Å²) in [5.41, 5.74) is 0. The number of rotatable bonds is 1. The van der Waals surface area contributed by atoms with E-state index in [2.05, 4.69) is 9.97 Å². The lowest BCUT2D eigenvalue weighted by molar-refractivity contribution is 0.121. The molecule has 1 aromatic heterocycles. The molecule has 0 bridgehead atoms. The molecule has 0 atom stereocenters. The fourth-order valence-electron chi connectivity index (χ4n) is 1.85. The standard InChI is InChI=1S/C9H14N2O/c12-8-3-1-7(2-4-8)9-10-5-6-11-9/h5-8,12H,1-4H2,(H,10,11)/t7-,8+. The molecule has 12 heavy (non-hydrogen) atoms. The third-order valence-electron chi connectivity index (χ3n) is 2.60. The minimum Gasteiger partial charge on any atom is -0.393 e. The van der Waals surface area contributed by atoms with Crippen molar-refractivity contribution in [3.63, 3.8) is 0 Å². The van der Waals surface area contributed by atoms with Crippen LogP contribution in [0.25, 0.3) is 0 Å². The maximum absolute atomic E-state index is 9.29. The van der Waals surface area contributed by atoms with Gasteiger partial charge in [-0.2, -0.15) is 0 Å². The fraction of sp³-hybridized carbons (Fsp3) is 0.667. The first kappa shape index (κ1) is 7.80. The summed E-state index contributed by atoms with van der Waals surface area (Å²) in [4.78, 5) is 7.36. The van der Waals surface area contributed by atoms with Gasteiger partial charge in [0.25, 0.3) is 0 Å². The first-order valence-electron chi connectivity index (χ1n) is 4.53. The van der Waals surface area contributed by atoms with Crippen LogP contribution in [0.3, 0.4) is 0 Å². The molecule has 0 radical (unpaired) electrons. The van der Waals surface area contributed by atoms with Crippen LogP contribution < -0.4 is 0 Å². The van der Waals surface area contributed by atoms with E-state index in [1.165, 1.54) is 0 Å². The van der Waals surface area contributed by atoms with E-state index in [-0.39, 0.29) is 6.10 Å². The van der Waals surface area contributed by atoms with Crippen LogP contribution in [0.2, 0.25) is 0 Å². The monoisotopic (exact) mass is 166 g/mol. The minimum absolute atomic E-state index is 0.0730. The van der Waals surface area contributed by atoms with Gasteiger partial charge in [0.05, 0.1) is 6.10 Å². The van der Waals surface area contributed by atoms with Crippen molar-refractivity contribution in [1.29, 1.82) is 0 Å². The Hall–Kier alpha value is -0.830. The first-order valence-corrected chi connectivity index (χ1v) is 4.53. The van der Waals surface area contributed by atoms with Crippen molar-refractivity contribution in [3.05, 3.63) is 18.2 Å². The molecule has 1 aromatic rings. The number of H-pyrrole nitrogens is 1. The number of aliphatic hydroxyl groups is 1. The molecule has 0 amide bonds. The summed E-state index contributed by atoms with van der Waals surface area (Å²) in [5, 5.41) is 9.29. The Balaban J connectivity index is 1.99. The summed E-state index contributed by atoms with van der Waals surface area (Å²) < 4.78 is 0. The third-order valence-corrected chi connectivity index (χ3v) is 2.60. The quantitative estimate of drug-likeness (QED) is 0.663. The first-order chi connectivity index (χ1) is 5.86. The van der Waals surface area contributed by atoms with E-state index in [0.717, 1.165) is 31.5 Å². The van der Waals surface area contributed by atoms with E-state index in [1.807, 2.05) is 6.20 Å². The molecule has 1 saturated carbocycles. The number of imidazole rings is 1. The van der Waals surface area contributed by atoms with Crippen LogP contribution in [-0.4, -0.2) is 21.2 Å². The Morgan fingerprint density at radius 1 is 1.33 bits per heavy atom. The highest BCUT2D eigenvalue weighted by molar-refractivity contribution is 4.98. The van der Waals surface area contributed by atoms with Crippen LogP contribution in [-0.2, 0) is 0 Å². The molecule has 1 aliphatic carbocycles. The number of nitrogens with one attached hydrogen (secondary N) is 1. The van der Waals surface area contributed by atoms with Gasteiger partial charge in [-0.15, -0.1) is 0 Å². The molecule has 0 aliphatic heterocycles. The van der Waals surface area contributed by atoms with Crippen molar-refractivity contribution >= 4 is 0 Å². The zero-order valence-corrected chi connectivity index (χ0v) is 7.03. The number of aliphatic hydroxyl groups excluding tert-OH is 1. The third kappa shape index (κ3) is 1.50. The lowest BCUT2D eigenvalue weighted by atomic mass is 9.87. The second kappa shape index (κ2) is 3.27. The van der Waals surface area contributed by atoms with Gasteiger partial charge >= 0.3 is 0 Å². The van der Waals surface area contributed by atoms with Crippen molar-refractivity contribution in [2.75, 3.05) is 0 Å². The highest BCUT2D eigenvalue weighted by Crippen LogP contribution is 2.30. The Labute approximate surface area is 71.8 Å². The van der Waals surface area contributed by atoms with Gasteiger partial charge in [0.2, 0.25) is 0 Å². The number of aromatic nitrogens is 2. The maximum Gasteiger partial charge on any atom is 0.109 e. The van der Waals surface area contributed by atoms with Crippen LogP contribution in [0.1, 0.15) is 37.4 Å². The summed E-state index contributed by atoms with van der Waals surface area (Å²) in [6, 6.07) is 0. The zero-order chi connectivity index (χ0) is 8.39. The van der Waals surface area contributed by atoms with Crippen LogP contribution in [0.15, 0.2) is 12.4 Å². The van der Waals surface area contributed by atoms with E-state index in [0.29, 0.717) is 5.92 Å². The van der Waals surface area contributed by atoms with Crippen LogP contribution >= 0.6 is 0 Å². The largest absolute Gasteiger partial charge is 0.393 e. The van der Waals surface area contributed by atoms with E-state index in [4.69, 9.17) is 0 Å². The molecule has 1 aliphatic rings. The van der Waals surface area contributed by atoms with Gasteiger partial charge in [-0.25, -0.2) is 4.98 Å². The van der Waals surface area contributed by atoms with Crippen LogP contribution in [0.5, 0.6) is 0 Å². The average molecular weight is 166 g/mol. The lowest BCUT2D eigenvalue weighted by Crippen LogP contribution is -2.17. The SMILES string of the molecule is O[C@H]1CC[C@@H](c2ncc[nH]2)CC1. The molecule has 0 saturated heterocycles. The number of nitrogens with zero attached hydrogens (tertiary/aromatic N) is 1. The van der Waals surface area contributed by atoms with Crippen molar-refractivity contribution in [3.8, 4) is 0 Å². The van der Waals surface area contributed by atoms with Crippen LogP contribution in [0, 0.1) is 0 Å². The van der Waals surface area contributed by atoms with E-state index < -0.39 is 0 Å². The second-order valence-electron chi connectivity index (χ2n) is 3.48. The highest BCUT2D eigenvalue weighted by Gasteiger charge is 2.21. The molecular weight excluding hydrogens is 152 g/mol. The minimum atomic E-state index is -0.0730. The van der Waals surface area contributed by atoms with Crippen LogP contribution in [0.4, 0.5) is 0 Å². The Morgan fingerprint density at radius 2 is 2.08 bits per heavy atom. The summed E-state index contributed by atoms with van der Waals surface area (Å²) in [5.74, 6) is 1.63. The molecule has 1 fully saturated rings.